The maximum atomic E-state index is 12.4. The van der Waals surface area contributed by atoms with E-state index in [0.29, 0.717) is 29.7 Å². The van der Waals surface area contributed by atoms with Crippen LogP contribution in [0.4, 0.5) is 5.69 Å². The molecule has 1 N–H and O–H groups in total. The van der Waals surface area contributed by atoms with Gasteiger partial charge in [0.2, 0.25) is 5.91 Å². The molecule has 0 spiro atoms. The summed E-state index contributed by atoms with van der Waals surface area (Å²) in [5, 5.41) is 12.2. The number of thioether (sulfide) groups is 1. The highest BCUT2D eigenvalue weighted by atomic mass is 32.2. The quantitative estimate of drug-likeness (QED) is 0.235. The van der Waals surface area contributed by atoms with E-state index in [1.54, 1.807) is 19.3 Å². The minimum atomic E-state index is -0.133. The molecular weight excluding hydrogens is 424 g/mol. The van der Waals surface area contributed by atoms with Crippen LogP contribution in [0.5, 0.6) is 11.5 Å². The van der Waals surface area contributed by atoms with Crippen LogP contribution in [0.15, 0.2) is 66.3 Å². The molecule has 1 heterocycles. The van der Waals surface area contributed by atoms with Gasteiger partial charge in [-0.25, -0.2) is 0 Å². The third kappa shape index (κ3) is 6.37. The largest absolute Gasteiger partial charge is 0.497 e. The molecule has 1 amide bonds. The molecule has 7 nitrogen and oxygen atoms in total. The van der Waals surface area contributed by atoms with Gasteiger partial charge in [0, 0.05) is 23.9 Å². The van der Waals surface area contributed by atoms with Crippen LogP contribution in [0.2, 0.25) is 0 Å². The lowest BCUT2D eigenvalue weighted by Gasteiger charge is -2.10. The van der Waals surface area contributed by atoms with Crippen molar-refractivity contribution in [1.82, 2.24) is 14.8 Å². The Morgan fingerprint density at radius 2 is 2.00 bits per heavy atom. The number of rotatable bonds is 12. The molecule has 1 aromatic heterocycles. The number of amides is 1. The van der Waals surface area contributed by atoms with Crippen LogP contribution >= 0.6 is 11.8 Å². The van der Waals surface area contributed by atoms with E-state index in [0.717, 1.165) is 30.0 Å². The van der Waals surface area contributed by atoms with Gasteiger partial charge in [-0.2, -0.15) is 0 Å². The molecule has 0 saturated carbocycles. The van der Waals surface area contributed by atoms with Gasteiger partial charge < -0.3 is 14.8 Å². The second-order valence-corrected chi connectivity index (χ2v) is 7.94. The Hall–Kier alpha value is -3.26. The van der Waals surface area contributed by atoms with Gasteiger partial charge in [-0.15, -0.1) is 16.8 Å². The zero-order valence-electron chi connectivity index (χ0n) is 18.4. The van der Waals surface area contributed by atoms with E-state index in [1.807, 2.05) is 47.0 Å². The van der Waals surface area contributed by atoms with Gasteiger partial charge >= 0.3 is 0 Å². The van der Waals surface area contributed by atoms with Gasteiger partial charge in [0.25, 0.3) is 0 Å². The summed E-state index contributed by atoms with van der Waals surface area (Å²) < 4.78 is 12.9. The minimum Gasteiger partial charge on any atom is -0.497 e. The molecule has 0 bridgehead atoms. The summed E-state index contributed by atoms with van der Waals surface area (Å²) in [6.07, 6.45) is 3.91. The molecule has 3 rings (SSSR count). The predicted molar refractivity (Wildman–Crippen MR) is 128 cm³/mol. The van der Waals surface area contributed by atoms with Crippen molar-refractivity contribution in [1.29, 1.82) is 0 Å². The van der Waals surface area contributed by atoms with Crippen molar-refractivity contribution in [3.05, 3.63) is 61.2 Å². The van der Waals surface area contributed by atoms with E-state index < -0.39 is 0 Å². The number of methoxy groups -OCH3 is 1. The molecule has 0 saturated heterocycles. The van der Waals surface area contributed by atoms with Gasteiger partial charge in [-0.3, -0.25) is 9.36 Å². The fourth-order valence-electron chi connectivity index (χ4n) is 2.97. The van der Waals surface area contributed by atoms with E-state index in [-0.39, 0.29) is 11.7 Å². The smallest absolute Gasteiger partial charge is 0.234 e. The van der Waals surface area contributed by atoms with Crippen LogP contribution in [0, 0.1) is 0 Å². The van der Waals surface area contributed by atoms with Crippen LogP contribution < -0.4 is 14.8 Å². The van der Waals surface area contributed by atoms with Crippen LogP contribution in [0.1, 0.15) is 19.8 Å². The first-order valence-corrected chi connectivity index (χ1v) is 11.5. The summed E-state index contributed by atoms with van der Waals surface area (Å²) >= 11 is 1.33. The maximum absolute atomic E-state index is 12.4. The van der Waals surface area contributed by atoms with E-state index in [2.05, 4.69) is 29.0 Å². The highest BCUT2D eigenvalue weighted by Crippen LogP contribution is 2.26. The van der Waals surface area contributed by atoms with E-state index >= 15 is 0 Å². The van der Waals surface area contributed by atoms with E-state index in [9.17, 15) is 4.79 Å². The maximum Gasteiger partial charge on any atom is 0.234 e. The van der Waals surface area contributed by atoms with Crippen LogP contribution in [-0.2, 0) is 11.3 Å². The molecule has 0 aliphatic carbocycles. The first-order chi connectivity index (χ1) is 15.6. The average Bonchev–Trinajstić information content (AvgIpc) is 3.21. The molecule has 0 radical (unpaired) electrons. The van der Waals surface area contributed by atoms with Crippen molar-refractivity contribution in [3.8, 4) is 22.9 Å². The molecule has 3 aromatic rings. The zero-order chi connectivity index (χ0) is 22.8. The number of allylic oxidation sites excluding steroid dienone is 1. The number of carbonyl (C=O) groups is 1. The Balaban J connectivity index is 1.66. The fraction of sp³-hybridized carbons (Fsp3) is 0.292. The third-order valence-corrected chi connectivity index (χ3v) is 5.56. The number of hydrogen-bond donors (Lipinski definition) is 1. The van der Waals surface area contributed by atoms with E-state index in [4.69, 9.17) is 9.47 Å². The normalized spacial score (nSPS) is 10.6. The second-order valence-electron chi connectivity index (χ2n) is 7.00. The Labute approximate surface area is 192 Å². The molecule has 8 heteroatoms. The Morgan fingerprint density at radius 1 is 1.19 bits per heavy atom. The van der Waals surface area contributed by atoms with Gasteiger partial charge in [0.05, 0.1) is 19.5 Å². The predicted octanol–water partition coefficient (Wildman–Crippen LogP) is 5.05. The first-order valence-electron chi connectivity index (χ1n) is 10.5. The van der Waals surface area contributed by atoms with Crippen molar-refractivity contribution >= 4 is 23.4 Å². The summed E-state index contributed by atoms with van der Waals surface area (Å²) in [7, 11) is 1.59. The molecule has 0 fully saturated rings. The molecule has 32 heavy (non-hydrogen) atoms. The highest BCUT2D eigenvalue weighted by molar-refractivity contribution is 7.99. The lowest BCUT2D eigenvalue weighted by Crippen LogP contribution is -2.14. The lowest BCUT2D eigenvalue weighted by atomic mass is 10.2. The summed E-state index contributed by atoms with van der Waals surface area (Å²) in [6.45, 7) is 7.22. The number of aromatic nitrogens is 3. The monoisotopic (exact) mass is 452 g/mol. The number of nitrogens with one attached hydrogen (secondary N) is 1. The minimum absolute atomic E-state index is 0.133. The molecule has 0 aliphatic heterocycles. The van der Waals surface area contributed by atoms with Gasteiger partial charge in [0.15, 0.2) is 11.0 Å². The van der Waals surface area contributed by atoms with Crippen LogP contribution in [0.25, 0.3) is 11.4 Å². The molecule has 168 valence electrons. The molecule has 2 aromatic carbocycles. The zero-order valence-corrected chi connectivity index (χ0v) is 19.2. The number of carbonyl (C=O) groups excluding carboxylic acids is 1. The summed E-state index contributed by atoms with van der Waals surface area (Å²) in [6, 6.07) is 15.1. The summed E-state index contributed by atoms with van der Waals surface area (Å²) in [5.41, 5.74) is 1.61. The van der Waals surface area contributed by atoms with Crippen molar-refractivity contribution in [2.24, 2.45) is 0 Å². The summed E-state index contributed by atoms with van der Waals surface area (Å²) in [5.74, 6) is 2.32. The second kappa shape index (κ2) is 12.0. The number of hydrogen-bond acceptors (Lipinski definition) is 6. The Kier molecular flexibility index (Phi) is 8.74. The third-order valence-electron chi connectivity index (χ3n) is 4.59. The molecule has 0 unspecified atom stereocenters. The van der Waals surface area contributed by atoms with Crippen molar-refractivity contribution < 1.29 is 14.3 Å². The molecule has 0 atom stereocenters. The number of anilines is 1. The van der Waals surface area contributed by atoms with Gasteiger partial charge in [-0.1, -0.05) is 37.2 Å². The van der Waals surface area contributed by atoms with Crippen molar-refractivity contribution in [2.75, 3.05) is 24.8 Å². The van der Waals surface area contributed by atoms with Crippen molar-refractivity contribution in [3.63, 3.8) is 0 Å². The number of nitrogens with zero attached hydrogens (tertiary/aromatic N) is 3. The SMILES string of the molecule is C=CCn1c(SCC(=O)Nc2cccc(OC)c2)nnc1-c1ccc(OCCCC)cc1. The standard InChI is InChI=1S/C24H28N4O3S/c1-4-6-15-31-20-12-10-18(11-13-20)23-26-27-24(28(23)14-5-2)32-17-22(29)25-19-8-7-9-21(16-19)30-3/h5,7-13,16H,2,4,6,14-15,17H2,1,3H3,(H,25,29). The van der Waals surface area contributed by atoms with E-state index in [1.165, 1.54) is 11.8 Å². The average molecular weight is 453 g/mol. The highest BCUT2D eigenvalue weighted by Gasteiger charge is 2.15. The topological polar surface area (TPSA) is 78.3 Å². The first kappa shape index (κ1) is 23.4. The fourth-order valence-corrected chi connectivity index (χ4v) is 3.71. The number of ether oxygens (including phenoxy) is 2. The van der Waals surface area contributed by atoms with Gasteiger partial charge in [-0.05, 0) is 42.8 Å². The Bertz CT molecular complexity index is 1030. The number of benzene rings is 2. The molecule has 0 aliphatic rings. The summed E-state index contributed by atoms with van der Waals surface area (Å²) in [4.78, 5) is 12.4. The van der Waals surface area contributed by atoms with Crippen LogP contribution in [-0.4, -0.2) is 40.1 Å². The van der Waals surface area contributed by atoms with Crippen molar-refractivity contribution in [2.45, 2.75) is 31.5 Å². The molecular formula is C24H28N4O3S. The van der Waals surface area contributed by atoms with Gasteiger partial charge in [0.1, 0.15) is 11.5 Å². The Morgan fingerprint density at radius 3 is 2.72 bits per heavy atom. The van der Waals surface area contributed by atoms with Crippen LogP contribution in [0.3, 0.4) is 0 Å². The number of unbranched alkanes of at least 4 members (excludes halogenated alkanes) is 1. The lowest BCUT2D eigenvalue weighted by molar-refractivity contribution is -0.113.